The van der Waals surface area contributed by atoms with E-state index in [9.17, 15) is 4.79 Å². The van der Waals surface area contributed by atoms with E-state index in [-0.39, 0.29) is 11.9 Å². The summed E-state index contributed by atoms with van der Waals surface area (Å²) in [7, 11) is 0. The van der Waals surface area contributed by atoms with E-state index in [2.05, 4.69) is 31.0 Å². The number of H-pyrrole nitrogens is 1. The molecule has 1 unspecified atom stereocenters. The van der Waals surface area contributed by atoms with E-state index in [0.717, 1.165) is 17.0 Å². The summed E-state index contributed by atoms with van der Waals surface area (Å²) in [6.45, 7) is 5.78. The highest BCUT2D eigenvalue weighted by molar-refractivity contribution is 5.94. The molecule has 0 saturated heterocycles. The Morgan fingerprint density at radius 1 is 1.38 bits per heavy atom. The first-order valence-corrected chi connectivity index (χ1v) is 6.56. The first-order chi connectivity index (χ1) is 10.1. The topological polar surface area (TPSA) is 101 Å². The molecule has 0 bridgehead atoms. The van der Waals surface area contributed by atoms with Gasteiger partial charge in [0.1, 0.15) is 0 Å². The number of nitrogens with one attached hydrogen (secondary N) is 2. The van der Waals surface area contributed by atoms with Gasteiger partial charge in [0.15, 0.2) is 5.65 Å². The van der Waals surface area contributed by atoms with Crippen molar-refractivity contribution in [1.29, 1.82) is 0 Å². The van der Waals surface area contributed by atoms with Gasteiger partial charge in [-0.3, -0.25) is 9.89 Å². The van der Waals surface area contributed by atoms with Crippen LogP contribution in [0.4, 0.5) is 0 Å². The van der Waals surface area contributed by atoms with Crippen molar-refractivity contribution in [3.8, 4) is 0 Å². The van der Waals surface area contributed by atoms with Crippen molar-refractivity contribution in [3.63, 3.8) is 0 Å². The summed E-state index contributed by atoms with van der Waals surface area (Å²) < 4.78 is 1.47. The van der Waals surface area contributed by atoms with Crippen LogP contribution < -0.4 is 5.32 Å². The van der Waals surface area contributed by atoms with Crippen LogP contribution in [0.25, 0.3) is 5.65 Å². The van der Waals surface area contributed by atoms with Crippen molar-refractivity contribution in [1.82, 2.24) is 35.6 Å². The zero-order valence-corrected chi connectivity index (χ0v) is 12.0. The number of nitrogens with zero attached hydrogens (tertiary/aromatic N) is 5. The number of hydrogen-bond acceptors (Lipinski definition) is 5. The fourth-order valence-electron chi connectivity index (χ4n) is 2.43. The van der Waals surface area contributed by atoms with Crippen LogP contribution in [-0.4, -0.2) is 36.1 Å². The van der Waals surface area contributed by atoms with Crippen LogP contribution in [0.1, 0.15) is 40.3 Å². The minimum Gasteiger partial charge on any atom is -0.345 e. The van der Waals surface area contributed by atoms with Gasteiger partial charge in [0.05, 0.1) is 17.3 Å². The van der Waals surface area contributed by atoms with Gasteiger partial charge < -0.3 is 5.32 Å². The first-order valence-electron chi connectivity index (χ1n) is 6.56. The fourth-order valence-corrected chi connectivity index (χ4v) is 2.43. The Hall–Kier alpha value is -2.77. The second-order valence-corrected chi connectivity index (χ2v) is 4.94. The van der Waals surface area contributed by atoms with Crippen LogP contribution in [0.2, 0.25) is 0 Å². The molecule has 0 radical (unpaired) electrons. The van der Waals surface area contributed by atoms with Gasteiger partial charge in [-0.05, 0) is 43.3 Å². The number of aryl methyl sites for hydroxylation is 2. The van der Waals surface area contributed by atoms with Crippen molar-refractivity contribution >= 4 is 11.6 Å². The number of amides is 1. The highest BCUT2D eigenvalue weighted by Gasteiger charge is 2.17. The Bertz CT molecular complexity index is 784. The minimum absolute atomic E-state index is 0.138. The summed E-state index contributed by atoms with van der Waals surface area (Å²) >= 11 is 0. The molecule has 3 aromatic rings. The second kappa shape index (κ2) is 4.97. The minimum atomic E-state index is -0.181. The largest absolute Gasteiger partial charge is 0.345 e. The molecule has 2 N–H and O–H groups in total. The Morgan fingerprint density at radius 3 is 2.90 bits per heavy atom. The van der Waals surface area contributed by atoms with E-state index in [4.69, 9.17) is 0 Å². The van der Waals surface area contributed by atoms with E-state index >= 15 is 0 Å². The first kappa shape index (κ1) is 13.2. The molecule has 8 nitrogen and oxygen atoms in total. The maximum Gasteiger partial charge on any atom is 0.253 e. The normalized spacial score (nSPS) is 12.5. The third kappa shape index (κ3) is 2.35. The Kier molecular flexibility index (Phi) is 3.13. The zero-order chi connectivity index (χ0) is 15.0. The van der Waals surface area contributed by atoms with Crippen LogP contribution in [0.15, 0.2) is 18.3 Å². The highest BCUT2D eigenvalue weighted by atomic mass is 16.1. The van der Waals surface area contributed by atoms with E-state index in [1.54, 1.807) is 18.3 Å². The standard InChI is InChI=1S/C13H15N7O/c1-7(12-8(2)15-16-9(12)3)14-13(21)10-4-5-11-17-18-19-20(11)6-10/h4-7H,1-3H3,(H,14,21)(H,15,16). The molecule has 1 amide bonds. The van der Waals surface area contributed by atoms with Gasteiger partial charge in [0.25, 0.3) is 5.91 Å². The molecule has 0 aromatic carbocycles. The lowest BCUT2D eigenvalue weighted by molar-refractivity contribution is 0.0939. The number of aromatic nitrogens is 6. The van der Waals surface area contributed by atoms with Crippen molar-refractivity contribution < 1.29 is 4.79 Å². The lowest BCUT2D eigenvalue weighted by Crippen LogP contribution is -2.27. The van der Waals surface area contributed by atoms with Gasteiger partial charge >= 0.3 is 0 Å². The third-order valence-electron chi connectivity index (χ3n) is 3.42. The Balaban J connectivity index is 1.82. The monoisotopic (exact) mass is 285 g/mol. The van der Waals surface area contributed by atoms with Crippen molar-refractivity contribution in [3.05, 3.63) is 40.8 Å². The number of hydrogen-bond donors (Lipinski definition) is 2. The van der Waals surface area contributed by atoms with Crippen LogP contribution in [0.3, 0.4) is 0 Å². The van der Waals surface area contributed by atoms with Crippen molar-refractivity contribution in [2.24, 2.45) is 0 Å². The summed E-state index contributed by atoms with van der Waals surface area (Å²) in [6, 6.07) is 3.26. The van der Waals surface area contributed by atoms with E-state index in [1.807, 2.05) is 20.8 Å². The summed E-state index contributed by atoms with van der Waals surface area (Å²) in [5.41, 5.74) is 3.95. The number of rotatable bonds is 3. The molecule has 0 spiro atoms. The maximum absolute atomic E-state index is 12.3. The summed E-state index contributed by atoms with van der Waals surface area (Å²) in [5.74, 6) is -0.181. The molecular formula is C13H15N7O. The Morgan fingerprint density at radius 2 is 2.19 bits per heavy atom. The molecule has 0 saturated carbocycles. The summed E-state index contributed by atoms with van der Waals surface area (Å²) in [6.07, 6.45) is 1.60. The molecule has 1 atom stereocenters. The molecule has 108 valence electrons. The smallest absolute Gasteiger partial charge is 0.253 e. The van der Waals surface area contributed by atoms with Gasteiger partial charge in [-0.2, -0.15) is 9.61 Å². The van der Waals surface area contributed by atoms with E-state index in [0.29, 0.717) is 11.2 Å². The summed E-state index contributed by atoms with van der Waals surface area (Å²) in [5, 5.41) is 21.1. The van der Waals surface area contributed by atoms with Gasteiger partial charge in [-0.15, -0.1) is 5.10 Å². The lowest BCUT2D eigenvalue weighted by atomic mass is 10.1. The van der Waals surface area contributed by atoms with Crippen LogP contribution in [-0.2, 0) is 0 Å². The maximum atomic E-state index is 12.3. The van der Waals surface area contributed by atoms with Gasteiger partial charge in [-0.1, -0.05) is 0 Å². The highest BCUT2D eigenvalue weighted by Crippen LogP contribution is 2.19. The van der Waals surface area contributed by atoms with Crippen LogP contribution in [0.5, 0.6) is 0 Å². The predicted octanol–water partition coefficient (Wildman–Crippen LogP) is 0.955. The molecule has 3 aromatic heterocycles. The van der Waals surface area contributed by atoms with Gasteiger partial charge in [0.2, 0.25) is 0 Å². The number of fused-ring (bicyclic) bond motifs is 1. The van der Waals surface area contributed by atoms with Crippen molar-refractivity contribution in [2.75, 3.05) is 0 Å². The second-order valence-electron chi connectivity index (χ2n) is 4.94. The molecule has 0 fully saturated rings. The lowest BCUT2D eigenvalue weighted by Gasteiger charge is -2.14. The molecule has 8 heteroatoms. The quantitative estimate of drug-likeness (QED) is 0.746. The zero-order valence-electron chi connectivity index (χ0n) is 12.0. The van der Waals surface area contributed by atoms with Crippen LogP contribution >= 0.6 is 0 Å². The molecule has 0 aliphatic heterocycles. The van der Waals surface area contributed by atoms with Gasteiger partial charge in [0, 0.05) is 17.5 Å². The van der Waals surface area contributed by atoms with Gasteiger partial charge in [-0.25, -0.2) is 0 Å². The number of pyridine rings is 1. The predicted molar refractivity (Wildman–Crippen MR) is 74.7 cm³/mol. The van der Waals surface area contributed by atoms with E-state index in [1.165, 1.54) is 4.52 Å². The number of carbonyl (C=O) groups excluding carboxylic acids is 1. The molecule has 3 heterocycles. The fraction of sp³-hybridized carbons (Fsp3) is 0.308. The van der Waals surface area contributed by atoms with E-state index < -0.39 is 0 Å². The molecular weight excluding hydrogens is 270 g/mol. The number of carbonyl (C=O) groups is 1. The third-order valence-corrected chi connectivity index (χ3v) is 3.42. The summed E-state index contributed by atoms with van der Waals surface area (Å²) in [4.78, 5) is 12.3. The van der Waals surface area contributed by atoms with Crippen LogP contribution in [0, 0.1) is 13.8 Å². The number of tetrazole rings is 1. The van der Waals surface area contributed by atoms with Crippen molar-refractivity contribution in [2.45, 2.75) is 26.8 Å². The molecule has 0 aliphatic rings. The average molecular weight is 285 g/mol. The molecule has 0 aliphatic carbocycles. The molecule has 21 heavy (non-hydrogen) atoms. The Labute approximate surface area is 120 Å². The number of aromatic amines is 1. The average Bonchev–Trinajstić information content (AvgIpc) is 3.04. The molecule has 3 rings (SSSR count). The SMILES string of the molecule is Cc1n[nH]c(C)c1C(C)NC(=O)c1ccc2nnnn2c1.